The smallest absolute Gasteiger partial charge is 0.289 e. The van der Waals surface area contributed by atoms with Crippen molar-refractivity contribution in [1.29, 1.82) is 0 Å². The number of anilines is 1. The number of halogens is 1. The van der Waals surface area contributed by atoms with Gasteiger partial charge in [-0.1, -0.05) is 15.9 Å². The number of amides is 2. The van der Waals surface area contributed by atoms with Gasteiger partial charge >= 0.3 is 0 Å². The number of likely N-dealkylation sites (N-methyl/N-ethyl adjacent to an activating group) is 1. The summed E-state index contributed by atoms with van der Waals surface area (Å²) in [5.74, 6) is 1.05. The molecule has 3 rings (SSSR count). The van der Waals surface area contributed by atoms with Crippen molar-refractivity contribution in [1.82, 2.24) is 9.88 Å². The molecule has 3 aromatic rings. The van der Waals surface area contributed by atoms with Crippen molar-refractivity contribution in [3.63, 3.8) is 0 Å². The number of furan rings is 1. The molecular formula is C21H20BrN3O4. The molecule has 7 nitrogen and oxygen atoms in total. The number of ether oxygens (including phenoxy) is 1. The maximum Gasteiger partial charge on any atom is 0.289 e. The van der Waals surface area contributed by atoms with Gasteiger partial charge < -0.3 is 19.4 Å². The Balaban J connectivity index is 1.53. The number of rotatable bonds is 7. The van der Waals surface area contributed by atoms with Crippen LogP contribution < -0.4 is 10.1 Å². The largest absolute Gasteiger partial charge is 0.486 e. The van der Waals surface area contributed by atoms with E-state index in [4.69, 9.17) is 9.15 Å². The van der Waals surface area contributed by atoms with Crippen LogP contribution in [-0.4, -0.2) is 35.3 Å². The minimum atomic E-state index is -0.396. The van der Waals surface area contributed by atoms with Crippen LogP contribution in [0.15, 0.2) is 63.6 Å². The number of aryl methyl sites for hydroxylation is 1. The first-order valence-corrected chi connectivity index (χ1v) is 9.65. The Kier molecular flexibility index (Phi) is 6.66. The second kappa shape index (κ2) is 9.38. The average molecular weight is 458 g/mol. The molecule has 0 unspecified atom stereocenters. The van der Waals surface area contributed by atoms with Crippen molar-refractivity contribution >= 4 is 33.6 Å². The fourth-order valence-electron chi connectivity index (χ4n) is 2.52. The number of nitrogens with one attached hydrogen (secondary N) is 1. The molecule has 150 valence electrons. The van der Waals surface area contributed by atoms with Gasteiger partial charge in [-0.2, -0.15) is 0 Å². The van der Waals surface area contributed by atoms with Gasteiger partial charge in [0.1, 0.15) is 30.5 Å². The minimum Gasteiger partial charge on any atom is -0.486 e. The van der Waals surface area contributed by atoms with E-state index in [1.807, 2.05) is 37.3 Å². The SMILES string of the molecule is Cc1ccnc(NC(=O)CN(C)C(=O)c2ccc(COc3ccc(Br)cc3)o2)c1. The molecule has 29 heavy (non-hydrogen) atoms. The first-order valence-electron chi connectivity index (χ1n) is 8.86. The summed E-state index contributed by atoms with van der Waals surface area (Å²) in [6, 6.07) is 14.2. The standard InChI is InChI=1S/C21H20BrN3O4/c1-14-9-10-23-19(11-14)24-20(26)12-25(2)21(27)18-8-7-17(29-18)13-28-16-5-3-15(22)4-6-16/h3-11H,12-13H2,1-2H3,(H,23,24,26). The molecule has 0 atom stereocenters. The van der Waals surface area contributed by atoms with Crippen LogP contribution in [-0.2, 0) is 11.4 Å². The average Bonchev–Trinajstić information content (AvgIpc) is 3.16. The van der Waals surface area contributed by atoms with Crippen LogP contribution in [0.3, 0.4) is 0 Å². The maximum atomic E-state index is 12.5. The second-order valence-corrected chi connectivity index (χ2v) is 7.35. The molecule has 0 aliphatic carbocycles. The first kappa shape index (κ1) is 20.6. The lowest BCUT2D eigenvalue weighted by atomic mass is 10.3. The Morgan fingerprint density at radius 1 is 1.17 bits per heavy atom. The van der Waals surface area contributed by atoms with Crippen LogP contribution in [0.4, 0.5) is 5.82 Å². The molecular weight excluding hydrogens is 438 g/mol. The van der Waals surface area contributed by atoms with Crippen molar-refractivity contribution in [3.05, 3.63) is 76.3 Å². The summed E-state index contributed by atoms with van der Waals surface area (Å²) in [7, 11) is 1.53. The minimum absolute atomic E-state index is 0.125. The van der Waals surface area contributed by atoms with E-state index in [1.165, 1.54) is 11.9 Å². The van der Waals surface area contributed by atoms with E-state index in [1.54, 1.807) is 24.4 Å². The highest BCUT2D eigenvalue weighted by Crippen LogP contribution is 2.18. The molecule has 0 spiro atoms. The molecule has 0 bridgehead atoms. The summed E-state index contributed by atoms with van der Waals surface area (Å²) in [5.41, 5.74) is 0.980. The Hall–Kier alpha value is -3.13. The lowest BCUT2D eigenvalue weighted by Crippen LogP contribution is -2.34. The number of carbonyl (C=O) groups is 2. The Labute approximate surface area is 176 Å². The van der Waals surface area contributed by atoms with Crippen LogP contribution in [0.5, 0.6) is 5.75 Å². The van der Waals surface area contributed by atoms with E-state index in [9.17, 15) is 9.59 Å². The van der Waals surface area contributed by atoms with Crippen molar-refractivity contribution in [2.24, 2.45) is 0 Å². The second-order valence-electron chi connectivity index (χ2n) is 6.44. The molecule has 0 radical (unpaired) electrons. The summed E-state index contributed by atoms with van der Waals surface area (Å²) < 4.78 is 12.1. The third-order valence-electron chi connectivity index (χ3n) is 3.98. The van der Waals surface area contributed by atoms with Gasteiger partial charge in [0.15, 0.2) is 5.76 Å². The summed E-state index contributed by atoms with van der Waals surface area (Å²) in [4.78, 5) is 30.0. The molecule has 2 amide bonds. The van der Waals surface area contributed by atoms with Gasteiger partial charge in [-0.25, -0.2) is 4.98 Å². The van der Waals surface area contributed by atoms with Crippen LogP contribution in [0.1, 0.15) is 21.9 Å². The zero-order valence-electron chi connectivity index (χ0n) is 16.0. The van der Waals surface area contributed by atoms with Gasteiger partial charge in [-0.15, -0.1) is 0 Å². The van der Waals surface area contributed by atoms with E-state index < -0.39 is 5.91 Å². The number of nitrogens with zero attached hydrogens (tertiary/aromatic N) is 2. The van der Waals surface area contributed by atoms with Crippen molar-refractivity contribution in [2.75, 3.05) is 18.9 Å². The van der Waals surface area contributed by atoms with Gasteiger partial charge in [0.2, 0.25) is 5.91 Å². The summed E-state index contributed by atoms with van der Waals surface area (Å²) >= 11 is 3.36. The highest BCUT2D eigenvalue weighted by molar-refractivity contribution is 9.10. The lowest BCUT2D eigenvalue weighted by Gasteiger charge is -2.15. The molecule has 0 fully saturated rings. The zero-order chi connectivity index (χ0) is 20.8. The van der Waals surface area contributed by atoms with Crippen LogP contribution in [0.2, 0.25) is 0 Å². The normalized spacial score (nSPS) is 10.4. The molecule has 0 saturated carbocycles. The highest BCUT2D eigenvalue weighted by atomic mass is 79.9. The molecule has 2 heterocycles. The molecule has 0 saturated heterocycles. The Morgan fingerprint density at radius 3 is 2.66 bits per heavy atom. The number of hydrogen-bond donors (Lipinski definition) is 1. The quantitative estimate of drug-likeness (QED) is 0.578. The summed E-state index contributed by atoms with van der Waals surface area (Å²) in [6.07, 6.45) is 1.61. The third-order valence-corrected chi connectivity index (χ3v) is 4.51. The molecule has 1 N–H and O–H groups in total. The number of aromatic nitrogens is 1. The van der Waals surface area contributed by atoms with Crippen LogP contribution >= 0.6 is 15.9 Å². The predicted octanol–water partition coefficient (Wildman–Crippen LogP) is 4.04. The van der Waals surface area contributed by atoms with E-state index in [0.717, 1.165) is 10.0 Å². The van der Waals surface area contributed by atoms with E-state index in [-0.39, 0.29) is 24.8 Å². The van der Waals surface area contributed by atoms with E-state index in [2.05, 4.69) is 26.2 Å². The number of carbonyl (C=O) groups excluding carboxylic acids is 2. The van der Waals surface area contributed by atoms with Gasteiger partial charge in [-0.05, 0) is 61.0 Å². The monoisotopic (exact) mass is 457 g/mol. The topological polar surface area (TPSA) is 84.7 Å². The zero-order valence-corrected chi connectivity index (χ0v) is 17.6. The number of pyridine rings is 1. The lowest BCUT2D eigenvalue weighted by molar-refractivity contribution is -0.116. The van der Waals surface area contributed by atoms with Crippen molar-refractivity contribution < 1.29 is 18.7 Å². The predicted molar refractivity (Wildman–Crippen MR) is 112 cm³/mol. The Morgan fingerprint density at radius 2 is 1.93 bits per heavy atom. The fraction of sp³-hybridized carbons (Fsp3) is 0.190. The molecule has 1 aromatic carbocycles. The van der Waals surface area contributed by atoms with E-state index in [0.29, 0.717) is 17.3 Å². The molecule has 8 heteroatoms. The van der Waals surface area contributed by atoms with Gasteiger partial charge in [0, 0.05) is 17.7 Å². The molecule has 0 aliphatic rings. The number of benzene rings is 1. The van der Waals surface area contributed by atoms with Crippen molar-refractivity contribution in [3.8, 4) is 5.75 Å². The van der Waals surface area contributed by atoms with Crippen LogP contribution in [0, 0.1) is 6.92 Å². The van der Waals surface area contributed by atoms with Crippen molar-refractivity contribution in [2.45, 2.75) is 13.5 Å². The van der Waals surface area contributed by atoms with Crippen LogP contribution in [0.25, 0.3) is 0 Å². The third kappa shape index (κ3) is 5.92. The number of hydrogen-bond acceptors (Lipinski definition) is 5. The first-order chi connectivity index (χ1) is 13.9. The maximum absolute atomic E-state index is 12.5. The van der Waals surface area contributed by atoms with E-state index >= 15 is 0 Å². The Bertz CT molecular complexity index is 1000. The molecule has 2 aromatic heterocycles. The molecule has 0 aliphatic heterocycles. The van der Waals surface area contributed by atoms with Gasteiger partial charge in [-0.3, -0.25) is 9.59 Å². The summed E-state index contributed by atoms with van der Waals surface area (Å²) in [6.45, 7) is 1.97. The fourth-order valence-corrected chi connectivity index (χ4v) is 2.78. The van der Waals surface area contributed by atoms with Gasteiger partial charge in [0.05, 0.1) is 0 Å². The summed E-state index contributed by atoms with van der Waals surface area (Å²) in [5, 5.41) is 2.67. The van der Waals surface area contributed by atoms with Gasteiger partial charge in [0.25, 0.3) is 5.91 Å². The highest BCUT2D eigenvalue weighted by Gasteiger charge is 2.19.